The first kappa shape index (κ1) is 12.5. The van der Waals surface area contributed by atoms with Crippen LogP contribution in [0.2, 0.25) is 0 Å². The Labute approximate surface area is 100 Å². The summed E-state index contributed by atoms with van der Waals surface area (Å²) >= 11 is 3.99. The molecular formula is C12H12O3S. The lowest BCUT2D eigenvalue weighted by molar-refractivity contribution is 0.0597. The van der Waals surface area contributed by atoms with E-state index in [2.05, 4.69) is 29.2 Å². The Morgan fingerprint density at radius 1 is 1.44 bits per heavy atom. The van der Waals surface area contributed by atoms with Crippen LogP contribution < -0.4 is 4.74 Å². The van der Waals surface area contributed by atoms with Gasteiger partial charge in [0, 0.05) is 5.56 Å². The highest BCUT2D eigenvalue weighted by molar-refractivity contribution is 7.80. The number of benzene rings is 1. The van der Waals surface area contributed by atoms with Gasteiger partial charge in [0.05, 0.1) is 20.0 Å². The third kappa shape index (κ3) is 2.94. The Balaban J connectivity index is 3.11. The van der Waals surface area contributed by atoms with Crippen molar-refractivity contribution in [1.29, 1.82) is 0 Å². The van der Waals surface area contributed by atoms with Crippen molar-refractivity contribution in [2.75, 3.05) is 20.0 Å². The summed E-state index contributed by atoms with van der Waals surface area (Å²) in [6.07, 6.45) is 0. The molecule has 0 atom stereocenters. The smallest absolute Gasteiger partial charge is 0.341 e. The van der Waals surface area contributed by atoms with Gasteiger partial charge in [-0.1, -0.05) is 11.8 Å². The lowest BCUT2D eigenvalue weighted by Gasteiger charge is -2.06. The number of hydrogen-bond donors (Lipinski definition) is 1. The molecule has 0 radical (unpaired) electrons. The Morgan fingerprint density at radius 2 is 2.19 bits per heavy atom. The number of rotatable bonds is 2. The van der Waals surface area contributed by atoms with Crippen molar-refractivity contribution in [3.05, 3.63) is 29.3 Å². The van der Waals surface area contributed by atoms with Crippen molar-refractivity contribution in [1.82, 2.24) is 0 Å². The SMILES string of the molecule is COC(=O)c1ccc(C#CCS)cc1OC. The van der Waals surface area contributed by atoms with E-state index in [1.807, 2.05) is 0 Å². The molecule has 0 spiro atoms. The molecule has 0 bridgehead atoms. The predicted octanol–water partition coefficient (Wildman–Crippen LogP) is 1.76. The average molecular weight is 236 g/mol. The topological polar surface area (TPSA) is 35.5 Å². The summed E-state index contributed by atoms with van der Waals surface area (Å²) in [5.74, 6) is 6.23. The summed E-state index contributed by atoms with van der Waals surface area (Å²) < 4.78 is 9.73. The second-order valence-corrected chi connectivity index (χ2v) is 3.18. The van der Waals surface area contributed by atoms with Crippen molar-refractivity contribution in [2.45, 2.75) is 0 Å². The maximum absolute atomic E-state index is 11.4. The lowest BCUT2D eigenvalue weighted by atomic mass is 10.1. The van der Waals surface area contributed by atoms with Crippen LogP contribution in [-0.4, -0.2) is 25.9 Å². The van der Waals surface area contributed by atoms with Crippen LogP contribution in [0, 0.1) is 11.8 Å². The van der Waals surface area contributed by atoms with E-state index in [1.54, 1.807) is 18.2 Å². The first-order valence-electron chi connectivity index (χ1n) is 4.59. The maximum atomic E-state index is 11.4. The van der Waals surface area contributed by atoms with Crippen molar-refractivity contribution >= 4 is 18.6 Å². The molecule has 3 nitrogen and oxygen atoms in total. The molecule has 0 heterocycles. The van der Waals surface area contributed by atoms with Crippen LogP contribution in [0.15, 0.2) is 18.2 Å². The number of methoxy groups -OCH3 is 2. The molecule has 1 aromatic rings. The molecule has 1 rings (SSSR count). The first-order chi connectivity index (χ1) is 7.72. The molecule has 0 amide bonds. The number of carbonyl (C=O) groups excluding carboxylic acids is 1. The summed E-state index contributed by atoms with van der Waals surface area (Å²) in [5.41, 5.74) is 1.17. The summed E-state index contributed by atoms with van der Waals surface area (Å²) in [7, 11) is 2.83. The molecule has 0 saturated carbocycles. The Kier molecular flexibility index (Phi) is 4.74. The summed E-state index contributed by atoms with van der Waals surface area (Å²) in [6, 6.07) is 5.07. The van der Waals surface area contributed by atoms with E-state index in [-0.39, 0.29) is 0 Å². The molecule has 0 fully saturated rings. The fourth-order valence-electron chi connectivity index (χ4n) is 1.19. The van der Waals surface area contributed by atoms with Gasteiger partial charge in [-0.15, -0.1) is 0 Å². The van der Waals surface area contributed by atoms with Gasteiger partial charge in [-0.2, -0.15) is 12.6 Å². The lowest BCUT2D eigenvalue weighted by Crippen LogP contribution is -2.04. The average Bonchev–Trinajstić information content (AvgIpc) is 2.34. The largest absolute Gasteiger partial charge is 0.496 e. The van der Waals surface area contributed by atoms with E-state index in [0.717, 1.165) is 5.56 Å². The van der Waals surface area contributed by atoms with Gasteiger partial charge in [0.25, 0.3) is 0 Å². The zero-order chi connectivity index (χ0) is 12.0. The molecule has 0 N–H and O–H groups in total. The highest BCUT2D eigenvalue weighted by Crippen LogP contribution is 2.20. The van der Waals surface area contributed by atoms with Crippen LogP contribution in [0.1, 0.15) is 15.9 Å². The molecule has 0 aliphatic carbocycles. The van der Waals surface area contributed by atoms with Crippen LogP contribution in [0.25, 0.3) is 0 Å². The molecule has 1 aromatic carbocycles. The van der Waals surface area contributed by atoms with Crippen molar-refractivity contribution in [3.63, 3.8) is 0 Å². The van der Waals surface area contributed by atoms with Gasteiger partial charge < -0.3 is 9.47 Å². The number of hydrogen-bond acceptors (Lipinski definition) is 4. The molecule has 0 aliphatic rings. The third-order valence-corrected chi connectivity index (χ3v) is 2.08. The van der Waals surface area contributed by atoms with Gasteiger partial charge in [-0.3, -0.25) is 0 Å². The highest BCUT2D eigenvalue weighted by atomic mass is 32.1. The van der Waals surface area contributed by atoms with Crippen molar-refractivity contribution in [2.24, 2.45) is 0 Å². The van der Waals surface area contributed by atoms with Crippen molar-refractivity contribution < 1.29 is 14.3 Å². The van der Waals surface area contributed by atoms with E-state index in [0.29, 0.717) is 17.1 Å². The van der Waals surface area contributed by atoms with Gasteiger partial charge in [-0.05, 0) is 18.2 Å². The fourth-order valence-corrected chi connectivity index (χ4v) is 1.27. The number of carbonyl (C=O) groups is 1. The Morgan fingerprint density at radius 3 is 2.75 bits per heavy atom. The third-order valence-electron chi connectivity index (χ3n) is 1.92. The second kappa shape index (κ2) is 6.09. The fraction of sp³-hybridized carbons (Fsp3) is 0.250. The van der Waals surface area contributed by atoms with Crippen LogP contribution in [0.5, 0.6) is 5.75 Å². The minimum Gasteiger partial charge on any atom is -0.496 e. The Bertz CT molecular complexity index is 443. The van der Waals surface area contributed by atoms with Gasteiger partial charge in [0.2, 0.25) is 0 Å². The van der Waals surface area contributed by atoms with E-state index in [9.17, 15) is 4.79 Å². The van der Waals surface area contributed by atoms with Gasteiger partial charge in [-0.25, -0.2) is 4.79 Å². The summed E-state index contributed by atoms with van der Waals surface area (Å²) in [5, 5.41) is 0. The first-order valence-corrected chi connectivity index (χ1v) is 5.22. The molecular weight excluding hydrogens is 224 g/mol. The van der Waals surface area contributed by atoms with E-state index in [1.165, 1.54) is 14.2 Å². The van der Waals surface area contributed by atoms with Gasteiger partial charge in [0.1, 0.15) is 11.3 Å². The minimum atomic E-state index is -0.425. The van der Waals surface area contributed by atoms with Gasteiger partial charge >= 0.3 is 5.97 Å². The standard InChI is InChI=1S/C12H12O3S/c1-14-11-8-9(4-3-7-16)5-6-10(11)12(13)15-2/h5-6,8,16H,7H2,1-2H3. The summed E-state index contributed by atoms with van der Waals surface area (Å²) in [4.78, 5) is 11.4. The number of ether oxygens (including phenoxy) is 2. The molecule has 0 aromatic heterocycles. The number of thiol groups is 1. The normalized spacial score (nSPS) is 8.94. The molecule has 16 heavy (non-hydrogen) atoms. The monoisotopic (exact) mass is 236 g/mol. The predicted molar refractivity (Wildman–Crippen MR) is 65.1 cm³/mol. The van der Waals surface area contributed by atoms with Crippen molar-refractivity contribution in [3.8, 4) is 17.6 Å². The zero-order valence-electron chi connectivity index (χ0n) is 9.11. The maximum Gasteiger partial charge on any atom is 0.341 e. The minimum absolute atomic E-state index is 0.390. The van der Waals surface area contributed by atoms with E-state index >= 15 is 0 Å². The van der Waals surface area contributed by atoms with E-state index in [4.69, 9.17) is 4.74 Å². The molecule has 0 aliphatic heterocycles. The molecule has 0 unspecified atom stereocenters. The molecule has 0 saturated heterocycles. The number of esters is 1. The zero-order valence-corrected chi connectivity index (χ0v) is 10.0. The molecule has 84 valence electrons. The second-order valence-electron chi connectivity index (χ2n) is 2.87. The van der Waals surface area contributed by atoms with Gasteiger partial charge in [0.15, 0.2) is 0 Å². The highest BCUT2D eigenvalue weighted by Gasteiger charge is 2.12. The molecule has 4 heteroatoms. The quantitative estimate of drug-likeness (QED) is 0.483. The Hall–Kier alpha value is -1.60. The van der Waals surface area contributed by atoms with Crippen LogP contribution >= 0.6 is 12.6 Å². The van der Waals surface area contributed by atoms with Crippen LogP contribution in [-0.2, 0) is 4.74 Å². The van der Waals surface area contributed by atoms with Crippen LogP contribution in [0.3, 0.4) is 0 Å². The summed E-state index contributed by atoms with van der Waals surface area (Å²) in [6.45, 7) is 0. The van der Waals surface area contributed by atoms with E-state index < -0.39 is 5.97 Å². The van der Waals surface area contributed by atoms with Crippen LogP contribution in [0.4, 0.5) is 0 Å².